The third-order valence-electron chi connectivity index (χ3n) is 11.7. The number of carbonyl (C=O) groups excluding carboxylic acids is 2. The molecule has 0 heterocycles. The summed E-state index contributed by atoms with van der Waals surface area (Å²) in [6.45, 7) is 3.64. The second-order valence-electron chi connectivity index (χ2n) is 18.1. The Bertz CT molecular complexity index is 1200. The van der Waals surface area contributed by atoms with Gasteiger partial charge in [-0.3, -0.25) is 18.6 Å². The zero-order valence-corrected chi connectivity index (χ0v) is 43.1. The van der Waals surface area contributed by atoms with Crippen molar-refractivity contribution in [1.29, 1.82) is 0 Å². The maximum Gasteiger partial charge on any atom is 0.472 e. The quantitative estimate of drug-likeness (QED) is 0.0265. The van der Waals surface area contributed by atoms with Crippen LogP contribution in [0.1, 0.15) is 258 Å². The van der Waals surface area contributed by atoms with Crippen LogP contribution in [0.4, 0.5) is 0 Å². The number of nitrogens with two attached hydrogens (primary N) is 1. The highest BCUT2D eigenvalue weighted by molar-refractivity contribution is 7.47. The van der Waals surface area contributed by atoms with Crippen LogP contribution in [-0.2, 0) is 32.7 Å². The van der Waals surface area contributed by atoms with E-state index in [0.29, 0.717) is 6.42 Å². The fourth-order valence-corrected chi connectivity index (χ4v) is 8.51. The highest BCUT2D eigenvalue weighted by atomic mass is 31.2. The summed E-state index contributed by atoms with van der Waals surface area (Å²) < 4.78 is 32.9. The molecule has 0 radical (unpaired) electrons. The Labute approximate surface area is 400 Å². The number of allylic oxidation sites excluding steroid dienone is 8. The van der Waals surface area contributed by atoms with Crippen LogP contribution in [0.5, 0.6) is 0 Å². The predicted octanol–water partition coefficient (Wildman–Crippen LogP) is 16.6. The van der Waals surface area contributed by atoms with Gasteiger partial charge in [-0.2, -0.15) is 0 Å². The normalized spacial score (nSPS) is 13.5. The van der Waals surface area contributed by atoms with E-state index in [1.165, 1.54) is 167 Å². The van der Waals surface area contributed by atoms with Crippen LogP contribution in [0.25, 0.3) is 0 Å². The van der Waals surface area contributed by atoms with E-state index in [0.717, 1.165) is 57.8 Å². The lowest BCUT2D eigenvalue weighted by molar-refractivity contribution is -0.161. The lowest BCUT2D eigenvalue weighted by Gasteiger charge is -2.19. The van der Waals surface area contributed by atoms with Crippen LogP contribution in [-0.4, -0.2) is 49.3 Å². The van der Waals surface area contributed by atoms with Gasteiger partial charge in [-0.15, -0.1) is 0 Å². The van der Waals surface area contributed by atoms with Crippen molar-refractivity contribution < 1.29 is 37.6 Å². The first-order valence-corrected chi connectivity index (χ1v) is 28.6. The smallest absolute Gasteiger partial charge is 0.462 e. The van der Waals surface area contributed by atoms with E-state index in [4.69, 9.17) is 24.3 Å². The Morgan fingerprint density at radius 1 is 0.477 bits per heavy atom. The van der Waals surface area contributed by atoms with Crippen molar-refractivity contribution in [3.63, 3.8) is 0 Å². The van der Waals surface area contributed by atoms with E-state index < -0.39 is 26.5 Å². The molecule has 0 saturated carbocycles. The molecule has 0 amide bonds. The summed E-state index contributed by atoms with van der Waals surface area (Å²) in [5.41, 5.74) is 5.36. The van der Waals surface area contributed by atoms with Crippen molar-refractivity contribution in [3.8, 4) is 0 Å². The van der Waals surface area contributed by atoms with Gasteiger partial charge < -0.3 is 20.1 Å². The maximum atomic E-state index is 12.6. The molecule has 2 atom stereocenters. The third kappa shape index (κ3) is 51.2. The number of phosphoric ester groups is 1. The maximum absolute atomic E-state index is 12.6. The van der Waals surface area contributed by atoms with Crippen molar-refractivity contribution in [1.82, 2.24) is 0 Å². The Balaban J connectivity index is 3.82. The first-order chi connectivity index (χ1) is 31.8. The van der Waals surface area contributed by atoms with Gasteiger partial charge in [-0.05, 0) is 51.4 Å². The van der Waals surface area contributed by atoms with Gasteiger partial charge in [0, 0.05) is 19.4 Å². The molecule has 0 saturated heterocycles. The molecule has 0 fully saturated rings. The number of rotatable bonds is 51. The van der Waals surface area contributed by atoms with Crippen molar-refractivity contribution >= 4 is 19.8 Å². The Morgan fingerprint density at radius 3 is 1.26 bits per heavy atom. The minimum absolute atomic E-state index is 0.0553. The molecule has 0 spiro atoms. The van der Waals surface area contributed by atoms with Gasteiger partial charge in [0.1, 0.15) is 6.61 Å². The van der Waals surface area contributed by atoms with Crippen molar-refractivity contribution in [2.24, 2.45) is 5.73 Å². The first-order valence-electron chi connectivity index (χ1n) is 27.1. The molecular weight excluding hydrogens is 834 g/mol. The molecule has 0 aromatic heterocycles. The molecule has 2 unspecified atom stereocenters. The predicted molar refractivity (Wildman–Crippen MR) is 275 cm³/mol. The monoisotopic (exact) mass is 936 g/mol. The average Bonchev–Trinajstić information content (AvgIpc) is 3.30. The van der Waals surface area contributed by atoms with Gasteiger partial charge >= 0.3 is 19.8 Å². The Kier molecular flexibility index (Phi) is 49.8. The van der Waals surface area contributed by atoms with E-state index in [1.54, 1.807) is 0 Å². The molecule has 3 N–H and O–H groups in total. The number of hydrogen-bond acceptors (Lipinski definition) is 8. The molecule has 0 aliphatic heterocycles. The molecule has 0 aromatic carbocycles. The second-order valence-corrected chi connectivity index (χ2v) is 19.5. The fraction of sp³-hybridized carbons (Fsp3) is 0.818. The first kappa shape index (κ1) is 63.0. The van der Waals surface area contributed by atoms with Crippen molar-refractivity contribution in [2.45, 2.75) is 264 Å². The number of carbonyl (C=O) groups is 2. The van der Waals surface area contributed by atoms with Crippen molar-refractivity contribution in [3.05, 3.63) is 48.6 Å². The van der Waals surface area contributed by atoms with E-state index in [9.17, 15) is 19.0 Å². The largest absolute Gasteiger partial charge is 0.472 e. The Hall–Kier alpha value is -2.03. The zero-order valence-electron chi connectivity index (χ0n) is 42.2. The molecule has 0 aromatic rings. The van der Waals surface area contributed by atoms with Crippen LogP contribution >= 0.6 is 7.82 Å². The summed E-state index contributed by atoms with van der Waals surface area (Å²) in [5.74, 6) is -0.817. The van der Waals surface area contributed by atoms with E-state index in [1.807, 2.05) is 0 Å². The van der Waals surface area contributed by atoms with Crippen LogP contribution in [0, 0.1) is 0 Å². The van der Waals surface area contributed by atoms with Crippen LogP contribution in [0.3, 0.4) is 0 Å². The van der Waals surface area contributed by atoms with Gasteiger partial charge in [-0.25, -0.2) is 4.57 Å². The molecule has 380 valence electrons. The van der Waals surface area contributed by atoms with Crippen LogP contribution in [0.15, 0.2) is 48.6 Å². The van der Waals surface area contributed by atoms with Crippen LogP contribution < -0.4 is 5.73 Å². The summed E-state index contributed by atoms with van der Waals surface area (Å²) >= 11 is 0. The van der Waals surface area contributed by atoms with Gasteiger partial charge in [0.15, 0.2) is 6.10 Å². The molecule has 65 heavy (non-hydrogen) atoms. The lowest BCUT2D eigenvalue weighted by atomic mass is 10.0. The molecule has 0 rings (SSSR count). The van der Waals surface area contributed by atoms with Gasteiger partial charge in [0.2, 0.25) is 0 Å². The van der Waals surface area contributed by atoms with Gasteiger partial charge in [0.25, 0.3) is 0 Å². The average molecular weight is 936 g/mol. The minimum Gasteiger partial charge on any atom is -0.462 e. The lowest BCUT2D eigenvalue weighted by Crippen LogP contribution is -2.29. The van der Waals surface area contributed by atoms with Crippen LogP contribution in [0.2, 0.25) is 0 Å². The number of esters is 2. The second kappa shape index (κ2) is 51.4. The summed E-state index contributed by atoms with van der Waals surface area (Å²) in [7, 11) is -4.38. The standard InChI is InChI=1S/C55H102NO8P/c1-3-5-7-9-11-13-15-16-17-18-19-20-21-22-23-24-25-26-27-28-29-30-31-32-33-34-35-36-38-40-42-44-46-48-55(58)64-53(52-63-65(59,60)62-50-49-56)51-61-54(57)47-45-43-41-39-37-14-12-10-8-6-4-2/h5,7,11,13,16-17,19-20,53H,3-4,6,8-10,12,14-15,18,21-52,56H2,1-2H3,(H,59,60)/b7-5-,13-11-,17-16-,20-19-. The molecule has 0 aliphatic carbocycles. The number of phosphoric acid groups is 1. The minimum atomic E-state index is -4.38. The summed E-state index contributed by atoms with van der Waals surface area (Å²) in [4.78, 5) is 35.0. The van der Waals surface area contributed by atoms with Gasteiger partial charge in [0.05, 0.1) is 13.2 Å². The molecule has 10 heteroatoms. The third-order valence-corrected chi connectivity index (χ3v) is 12.7. The van der Waals surface area contributed by atoms with E-state index in [2.05, 4.69) is 62.5 Å². The number of hydrogen-bond donors (Lipinski definition) is 2. The number of unbranched alkanes of at least 4 members (excludes halogenated alkanes) is 30. The fourth-order valence-electron chi connectivity index (χ4n) is 7.75. The SMILES string of the molecule is CC/C=C\C/C=C\C/C=C\C/C=C\CCCCCCCCCCCCCCCCCCCCCCC(=O)OC(COC(=O)CCCCCCCCCCCCC)COP(=O)(O)OCCN. The van der Waals surface area contributed by atoms with E-state index >= 15 is 0 Å². The van der Waals surface area contributed by atoms with Crippen molar-refractivity contribution in [2.75, 3.05) is 26.4 Å². The summed E-state index contributed by atoms with van der Waals surface area (Å²) in [6, 6.07) is 0. The molecule has 0 bridgehead atoms. The van der Waals surface area contributed by atoms with Gasteiger partial charge in [-0.1, -0.05) is 242 Å². The highest BCUT2D eigenvalue weighted by Crippen LogP contribution is 2.43. The molecule has 0 aliphatic rings. The topological polar surface area (TPSA) is 134 Å². The summed E-state index contributed by atoms with van der Waals surface area (Å²) in [5, 5.41) is 0. The number of ether oxygens (including phenoxy) is 2. The summed E-state index contributed by atoms with van der Waals surface area (Å²) in [6.07, 6.45) is 61.8. The zero-order chi connectivity index (χ0) is 47.4. The Morgan fingerprint density at radius 2 is 0.846 bits per heavy atom. The molecule has 9 nitrogen and oxygen atoms in total. The highest BCUT2D eigenvalue weighted by Gasteiger charge is 2.26. The molecular formula is C55H102NO8P. The van der Waals surface area contributed by atoms with E-state index in [-0.39, 0.29) is 38.6 Å².